The molecule has 0 aliphatic carbocycles. The van der Waals surface area contributed by atoms with Crippen molar-refractivity contribution in [3.05, 3.63) is 144 Å². The van der Waals surface area contributed by atoms with Gasteiger partial charge in [-0.3, -0.25) is 19.4 Å². The molecule has 0 radical (unpaired) electrons. The number of nitrogens with zero attached hydrogens (tertiary/aromatic N) is 6. The number of likely N-dealkylation sites (tertiary alicyclic amines) is 3. The number of H-pyrrole nitrogens is 2. The number of piperidine rings is 1. The number of carbonyl (C=O) groups is 2. The second-order valence-electron chi connectivity index (χ2n) is 17.7. The van der Waals surface area contributed by atoms with Crippen LogP contribution in [-0.4, -0.2) is 104 Å². The monoisotopic (exact) mass is 842 g/mol. The molecule has 6 heterocycles. The van der Waals surface area contributed by atoms with Gasteiger partial charge in [0.15, 0.2) is 0 Å². The number of hydrogen-bond acceptors (Lipinski definition) is 7. The van der Waals surface area contributed by atoms with Crippen LogP contribution in [0.1, 0.15) is 91.4 Å². The third kappa shape index (κ3) is 9.00. The lowest BCUT2D eigenvalue weighted by atomic mass is 10.00. The first-order valence-electron chi connectivity index (χ1n) is 23.1. The molecule has 324 valence electrons. The molecule has 63 heavy (non-hydrogen) atoms. The normalized spacial score (nSPS) is 20.3. The zero-order valence-corrected chi connectivity index (χ0v) is 36.1. The Hall–Kier alpha value is -5.88. The summed E-state index contributed by atoms with van der Waals surface area (Å²) in [4.78, 5) is 53.9. The molecular formula is C52H58N8O3. The Morgan fingerprint density at radius 1 is 0.587 bits per heavy atom. The summed E-state index contributed by atoms with van der Waals surface area (Å²) in [5.74, 6) is 2.05. The van der Waals surface area contributed by atoms with Gasteiger partial charge in [-0.2, -0.15) is 0 Å². The highest BCUT2D eigenvalue weighted by Gasteiger charge is 2.39. The van der Waals surface area contributed by atoms with Gasteiger partial charge in [0.2, 0.25) is 11.8 Å². The SMILES string of the molecule is O=C(Cc1ccccc1CN1CCOCC1)N1CCC[C@H]1c1ncc(-c2ccc(-c3ccc(-c4cnc([C@@H]5CCCN5C(=O)C(c5ccccc5)N5CCCCC5)[nH]4)cc3)cc2)[nH]1. The first-order chi connectivity index (χ1) is 31.1. The number of carbonyl (C=O) groups excluding carboxylic acids is 2. The summed E-state index contributed by atoms with van der Waals surface area (Å²) in [6, 6.07) is 35.4. The Labute approximate surface area is 370 Å². The van der Waals surface area contributed by atoms with Crippen LogP contribution in [0.5, 0.6) is 0 Å². The molecular weight excluding hydrogens is 785 g/mol. The van der Waals surface area contributed by atoms with Crippen molar-refractivity contribution in [1.29, 1.82) is 0 Å². The second-order valence-corrected chi connectivity index (χ2v) is 17.7. The summed E-state index contributed by atoms with van der Waals surface area (Å²) >= 11 is 0. The van der Waals surface area contributed by atoms with Crippen molar-refractivity contribution in [2.45, 2.75) is 76.0 Å². The third-order valence-corrected chi connectivity index (χ3v) is 13.7. The molecule has 6 aromatic rings. The van der Waals surface area contributed by atoms with E-state index in [1.54, 1.807) is 0 Å². The molecule has 0 saturated carbocycles. The summed E-state index contributed by atoms with van der Waals surface area (Å²) < 4.78 is 5.54. The van der Waals surface area contributed by atoms with Crippen LogP contribution in [0.2, 0.25) is 0 Å². The Kier molecular flexibility index (Phi) is 12.3. The van der Waals surface area contributed by atoms with Crippen LogP contribution in [0, 0.1) is 0 Å². The molecule has 1 unspecified atom stereocenters. The number of benzene rings is 4. The predicted molar refractivity (Wildman–Crippen MR) is 245 cm³/mol. The molecule has 2 aromatic heterocycles. The van der Waals surface area contributed by atoms with Gasteiger partial charge >= 0.3 is 0 Å². The molecule has 4 aliphatic rings. The minimum Gasteiger partial charge on any atom is -0.379 e. The van der Waals surface area contributed by atoms with E-state index in [1.807, 2.05) is 41.6 Å². The highest BCUT2D eigenvalue weighted by atomic mass is 16.5. The minimum absolute atomic E-state index is 0.0579. The molecule has 2 N–H and O–H groups in total. The smallest absolute Gasteiger partial charge is 0.245 e. The zero-order valence-electron chi connectivity index (χ0n) is 36.1. The van der Waals surface area contributed by atoms with Crippen molar-refractivity contribution >= 4 is 11.8 Å². The fourth-order valence-corrected chi connectivity index (χ4v) is 10.3. The maximum absolute atomic E-state index is 14.4. The van der Waals surface area contributed by atoms with Gasteiger partial charge < -0.3 is 24.5 Å². The molecule has 4 aromatic carbocycles. The van der Waals surface area contributed by atoms with Gasteiger partial charge in [-0.05, 0) is 90.6 Å². The summed E-state index contributed by atoms with van der Waals surface area (Å²) in [5.41, 5.74) is 9.66. The Bertz CT molecular complexity index is 2470. The number of hydrogen-bond donors (Lipinski definition) is 2. The van der Waals surface area contributed by atoms with E-state index in [0.29, 0.717) is 6.42 Å². The van der Waals surface area contributed by atoms with Gasteiger partial charge in [0.1, 0.15) is 17.7 Å². The van der Waals surface area contributed by atoms with Crippen LogP contribution in [0.3, 0.4) is 0 Å². The summed E-state index contributed by atoms with van der Waals surface area (Å²) in [5, 5.41) is 0. The molecule has 10 rings (SSSR count). The van der Waals surface area contributed by atoms with Crippen LogP contribution < -0.4 is 0 Å². The van der Waals surface area contributed by atoms with Gasteiger partial charge in [0.25, 0.3) is 0 Å². The number of aromatic nitrogens is 4. The lowest BCUT2D eigenvalue weighted by Gasteiger charge is -2.37. The van der Waals surface area contributed by atoms with E-state index in [2.05, 4.69) is 104 Å². The summed E-state index contributed by atoms with van der Waals surface area (Å²) in [7, 11) is 0. The molecule has 11 nitrogen and oxygen atoms in total. The van der Waals surface area contributed by atoms with E-state index >= 15 is 0 Å². The molecule has 0 spiro atoms. The lowest BCUT2D eigenvalue weighted by molar-refractivity contribution is -0.139. The number of nitrogens with one attached hydrogen (secondary N) is 2. The van der Waals surface area contributed by atoms with Crippen LogP contribution in [-0.2, 0) is 27.3 Å². The molecule has 4 aliphatic heterocycles. The summed E-state index contributed by atoms with van der Waals surface area (Å²) in [6.07, 6.45) is 11.4. The van der Waals surface area contributed by atoms with Gasteiger partial charge in [0, 0.05) is 32.7 Å². The number of morpholine rings is 1. The van der Waals surface area contributed by atoms with Gasteiger partial charge in [0.05, 0.1) is 55.5 Å². The highest BCUT2D eigenvalue weighted by Crippen LogP contribution is 2.37. The number of imidazole rings is 2. The van der Waals surface area contributed by atoms with Crippen molar-refractivity contribution in [3.8, 4) is 33.6 Å². The van der Waals surface area contributed by atoms with Crippen molar-refractivity contribution < 1.29 is 14.3 Å². The molecule has 3 atom stereocenters. The first-order valence-corrected chi connectivity index (χ1v) is 23.1. The molecule has 4 saturated heterocycles. The van der Waals surface area contributed by atoms with E-state index in [0.717, 1.165) is 154 Å². The number of amides is 2. The van der Waals surface area contributed by atoms with E-state index < -0.39 is 0 Å². The van der Waals surface area contributed by atoms with Crippen LogP contribution in [0.15, 0.2) is 116 Å². The molecule has 11 heteroatoms. The van der Waals surface area contributed by atoms with Crippen LogP contribution in [0.4, 0.5) is 0 Å². The minimum atomic E-state index is -0.258. The van der Waals surface area contributed by atoms with E-state index in [9.17, 15) is 9.59 Å². The van der Waals surface area contributed by atoms with Crippen molar-refractivity contribution in [2.75, 3.05) is 52.5 Å². The molecule has 0 bridgehead atoms. The Balaban J connectivity index is 0.778. The topological polar surface area (TPSA) is 114 Å². The number of rotatable bonds is 12. The van der Waals surface area contributed by atoms with Gasteiger partial charge in [-0.1, -0.05) is 110 Å². The third-order valence-electron chi connectivity index (χ3n) is 13.7. The number of ether oxygens (including phenoxy) is 1. The predicted octanol–water partition coefficient (Wildman–Crippen LogP) is 8.76. The van der Waals surface area contributed by atoms with Gasteiger partial charge in [-0.15, -0.1) is 0 Å². The fraction of sp³-hybridized carbons (Fsp3) is 0.385. The largest absolute Gasteiger partial charge is 0.379 e. The lowest BCUT2D eigenvalue weighted by Crippen LogP contribution is -2.44. The number of aromatic amines is 2. The van der Waals surface area contributed by atoms with Crippen molar-refractivity contribution in [2.24, 2.45) is 0 Å². The van der Waals surface area contributed by atoms with Gasteiger partial charge in [-0.25, -0.2) is 9.97 Å². The Morgan fingerprint density at radius 3 is 1.75 bits per heavy atom. The Morgan fingerprint density at radius 2 is 1.13 bits per heavy atom. The standard InChI is InChI=1S/C52H58N8O3/c61-48(33-42-13-5-6-14-43(42)36-57-29-31-63-32-30-57)59-27-9-15-46(59)50-53-34-44(55-50)39-21-17-37(18-22-39)38-19-23-40(24-20-38)45-35-54-51(56-45)47-16-10-28-60(47)52(62)49(41-11-3-1-4-12-41)58-25-7-2-8-26-58/h1,3-6,11-14,17-24,34-35,46-47,49H,2,7-10,15-16,25-33,36H2,(H,53,55)(H,54,56)/t46-,47-,49?/m0/s1. The average molecular weight is 843 g/mol. The summed E-state index contributed by atoms with van der Waals surface area (Å²) in [6.45, 7) is 7.61. The highest BCUT2D eigenvalue weighted by molar-refractivity contribution is 5.84. The first kappa shape index (κ1) is 41.1. The van der Waals surface area contributed by atoms with E-state index in [4.69, 9.17) is 14.7 Å². The van der Waals surface area contributed by atoms with Crippen LogP contribution >= 0.6 is 0 Å². The molecule has 2 amide bonds. The maximum Gasteiger partial charge on any atom is 0.245 e. The quantitative estimate of drug-likeness (QED) is 0.127. The average Bonchev–Trinajstić information content (AvgIpc) is 4.19. The zero-order chi connectivity index (χ0) is 42.5. The van der Waals surface area contributed by atoms with E-state index in [-0.39, 0.29) is 29.9 Å². The van der Waals surface area contributed by atoms with Crippen LogP contribution in [0.25, 0.3) is 33.6 Å². The van der Waals surface area contributed by atoms with E-state index in [1.165, 1.54) is 12.0 Å². The molecule has 4 fully saturated rings. The van der Waals surface area contributed by atoms with Crippen molar-refractivity contribution in [3.63, 3.8) is 0 Å². The second kappa shape index (κ2) is 18.8. The maximum atomic E-state index is 14.4. The fourth-order valence-electron chi connectivity index (χ4n) is 10.3. The van der Waals surface area contributed by atoms with Crippen molar-refractivity contribution in [1.82, 2.24) is 39.5 Å².